The molecule has 190 valence electrons. The minimum Gasteiger partial charge on any atom is -0.496 e. The lowest BCUT2D eigenvalue weighted by Crippen LogP contribution is -2.48. The second-order valence-corrected chi connectivity index (χ2v) is 10.00. The van der Waals surface area contributed by atoms with E-state index in [2.05, 4.69) is 74.2 Å². The number of aryl methyl sites for hydroxylation is 3. The number of hydrogen-bond acceptors (Lipinski definition) is 4. The number of amides is 1. The van der Waals surface area contributed by atoms with Crippen molar-refractivity contribution in [3.8, 4) is 16.9 Å². The molecule has 0 N–H and O–H groups in total. The van der Waals surface area contributed by atoms with Gasteiger partial charge in [-0.15, -0.1) is 0 Å². The molecule has 0 spiro atoms. The molecule has 5 heteroatoms. The zero-order valence-corrected chi connectivity index (χ0v) is 22.3. The van der Waals surface area contributed by atoms with E-state index in [4.69, 9.17) is 9.15 Å². The number of carbonyl (C=O) groups excluding carboxylic acids is 1. The quantitative estimate of drug-likeness (QED) is 0.287. The van der Waals surface area contributed by atoms with Crippen molar-refractivity contribution in [1.29, 1.82) is 0 Å². The molecular weight excluding hydrogens is 460 g/mol. The molecule has 0 radical (unpaired) electrons. The predicted octanol–water partition coefficient (Wildman–Crippen LogP) is 6.79. The smallest absolute Gasteiger partial charge is 0.246 e. The molecule has 37 heavy (non-hydrogen) atoms. The summed E-state index contributed by atoms with van der Waals surface area (Å²) in [4.78, 5) is 17.5. The van der Waals surface area contributed by atoms with Crippen molar-refractivity contribution in [2.45, 2.75) is 27.7 Å². The normalized spacial score (nSPS) is 14.4. The number of hydrogen-bond donors (Lipinski definition) is 0. The molecular formula is C32H34N2O3. The van der Waals surface area contributed by atoms with E-state index in [1.54, 1.807) is 13.2 Å². The van der Waals surface area contributed by atoms with E-state index in [-0.39, 0.29) is 5.91 Å². The van der Waals surface area contributed by atoms with Gasteiger partial charge in [0.2, 0.25) is 5.91 Å². The Morgan fingerprint density at radius 3 is 2.38 bits per heavy atom. The Labute approximate surface area is 219 Å². The molecule has 1 amide bonds. The van der Waals surface area contributed by atoms with Gasteiger partial charge in [-0.3, -0.25) is 4.79 Å². The van der Waals surface area contributed by atoms with Gasteiger partial charge in [0.15, 0.2) is 0 Å². The van der Waals surface area contributed by atoms with Crippen LogP contribution in [0, 0.1) is 20.8 Å². The van der Waals surface area contributed by atoms with E-state index in [0.717, 1.165) is 46.3 Å². The Bertz CT molecular complexity index is 1490. The summed E-state index contributed by atoms with van der Waals surface area (Å²) in [6.45, 7) is 11.3. The minimum atomic E-state index is 0.0327. The number of methoxy groups -OCH3 is 1. The summed E-state index contributed by atoms with van der Waals surface area (Å²) in [5.41, 5.74) is 9.62. The summed E-state index contributed by atoms with van der Waals surface area (Å²) in [5, 5.41) is 1.01. The highest BCUT2D eigenvalue weighted by Gasteiger charge is 2.21. The number of allylic oxidation sites excluding steroid dienone is 1. The molecule has 1 aliphatic heterocycles. The molecule has 1 fully saturated rings. The summed E-state index contributed by atoms with van der Waals surface area (Å²) < 4.78 is 11.6. The molecule has 1 saturated heterocycles. The number of benzene rings is 3. The van der Waals surface area contributed by atoms with Crippen LogP contribution in [0.5, 0.6) is 5.75 Å². The maximum atomic E-state index is 13.2. The zero-order valence-electron chi connectivity index (χ0n) is 22.3. The van der Waals surface area contributed by atoms with Crippen LogP contribution < -0.4 is 9.64 Å². The second kappa shape index (κ2) is 10.2. The highest BCUT2D eigenvalue weighted by molar-refractivity contribution is 6.00. The lowest BCUT2D eigenvalue weighted by molar-refractivity contribution is -0.126. The van der Waals surface area contributed by atoms with Crippen molar-refractivity contribution in [3.63, 3.8) is 0 Å². The van der Waals surface area contributed by atoms with Crippen molar-refractivity contribution in [3.05, 3.63) is 89.2 Å². The van der Waals surface area contributed by atoms with Gasteiger partial charge < -0.3 is 19.0 Å². The Morgan fingerprint density at radius 1 is 0.919 bits per heavy atom. The summed E-state index contributed by atoms with van der Waals surface area (Å²) in [6.07, 6.45) is 3.55. The summed E-state index contributed by atoms with van der Waals surface area (Å²) in [5.74, 6) is 0.727. The van der Waals surface area contributed by atoms with Crippen LogP contribution in [0.1, 0.15) is 29.2 Å². The van der Waals surface area contributed by atoms with Crippen molar-refractivity contribution >= 4 is 28.1 Å². The van der Waals surface area contributed by atoms with Crippen LogP contribution in [-0.2, 0) is 4.79 Å². The van der Waals surface area contributed by atoms with Gasteiger partial charge >= 0.3 is 0 Å². The molecule has 4 aromatic rings. The maximum absolute atomic E-state index is 13.2. The summed E-state index contributed by atoms with van der Waals surface area (Å²) in [6, 6.07) is 19.0. The van der Waals surface area contributed by atoms with Gasteiger partial charge in [0.1, 0.15) is 11.3 Å². The first-order valence-electron chi connectivity index (χ1n) is 12.8. The average Bonchev–Trinajstić information content (AvgIpc) is 3.30. The molecule has 0 saturated carbocycles. The average molecular weight is 495 g/mol. The molecule has 2 heterocycles. The van der Waals surface area contributed by atoms with Crippen molar-refractivity contribution in [1.82, 2.24) is 4.90 Å². The van der Waals surface area contributed by atoms with Crippen LogP contribution in [0.15, 0.2) is 71.4 Å². The number of furan rings is 1. The van der Waals surface area contributed by atoms with E-state index in [1.165, 1.54) is 22.4 Å². The number of fused-ring (bicyclic) bond motifs is 1. The van der Waals surface area contributed by atoms with E-state index < -0.39 is 0 Å². The summed E-state index contributed by atoms with van der Waals surface area (Å²) in [7, 11) is 1.65. The predicted molar refractivity (Wildman–Crippen MR) is 151 cm³/mol. The first-order chi connectivity index (χ1) is 17.8. The fraction of sp³-hybridized carbons (Fsp3) is 0.281. The van der Waals surface area contributed by atoms with Crippen LogP contribution in [0.25, 0.3) is 27.7 Å². The highest BCUT2D eigenvalue weighted by atomic mass is 16.5. The van der Waals surface area contributed by atoms with Crippen molar-refractivity contribution in [2.24, 2.45) is 0 Å². The molecule has 1 aromatic heterocycles. The second-order valence-electron chi connectivity index (χ2n) is 10.00. The standard InChI is InChI=1S/C32H34N2O3/c1-21-7-6-8-25(16-21)33-11-13-34(14-12-33)32(35)17-24(4)27-18-28-29(20-37-31(28)19-30(27)36-5)26-10-9-22(2)15-23(26)3/h6-10,15-20H,11-14H2,1-5H3/b24-17+. The number of ether oxygens (including phenoxy) is 1. The van der Waals surface area contributed by atoms with Crippen molar-refractivity contribution < 1.29 is 13.9 Å². The van der Waals surface area contributed by atoms with E-state index in [1.807, 2.05) is 24.2 Å². The SMILES string of the molecule is COc1cc2occ(-c3ccc(C)cc3C)c2cc1/C(C)=C/C(=O)N1CCN(c2cccc(C)c2)CC1. The zero-order chi connectivity index (χ0) is 26.1. The number of rotatable bonds is 5. The number of carbonyl (C=O) groups is 1. The topological polar surface area (TPSA) is 45.9 Å². The molecule has 0 bridgehead atoms. The van der Waals surface area contributed by atoms with Gasteiger partial charge in [-0.1, -0.05) is 35.9 Å². The molecule has 5 rings (SSSR count). The third-order valence-electron chi connectivity index (χ3n) is 7.29. The van der Waals surface area contributed by atoms with Crippen molar-refractivity contribution in [2.75, 3.05) is 38.2 Å². The Morgan fingerprint density at radius 2 is 1.68 bits per heavy atom. The monoisotopic (exact) mass is 494 g/mol. The van der Waals surface area contributed by atoms with Gasteiger partial charge in [0.25, 0.3) is 0 Å². The van der Waals surface area contributed by atoms with Gasteiger partial charge in [-0.25, -0.2) is 0 Å². The first kappa shape index (κ1) is 24.7. The highest BCUT2D eigenvalue weighted by Crippen LogP contribution is 2.38. The molecule has 5 nitrogen and oxygen atoms in total. The molecule has 3 aromatic carbocycles. The van der Waals surface area contributed by atoms with Crippen LogP contribution in [0.3, 0.4) is 0 Å². The lowest BCUT2D eigenvalue weighted by atomic mass is 9.96. The lowest BCUT2D eigenvalue weighted by Gasteiger charge is -2.36. The number of anilines is 1. The molecule has 0 aliphatic carbocycles. The Balaban J connectivity index is 1.39. The van der Waals surface area contributed by atoms with Gasteiger partial charge in [0.05, 0.1) is 13.4 Å². The van der Waals surface area contributed by atoms with E-state index in [0.29, 0.717) is 18.8 Å². The molecule has 1 aliphatic rings. The van der Waals surface area contributed by atoms with E-state index >= 15 is 0 Å². The fourth-order valence-electron chi connectivity index (χ4n) is 5.22. The number of piperazine rings is 1. The summed E-state index contributed by atoms with van der Waals surface area (Å²) >= 11 is 0. The third kappa shape index (κ3) is 4.99. The van der Waals surface area contributed by atoms with Gasteiger partial charge in [-0.2, -0.15) is 0 Å². The largest absolute Gasteiger partial charge is 0.496 e. The molecule has 0 atom stereocenters. The van der Waals surface area contributed by atoms with Gasteiger partial charge in [0, 0.05) is 60.5 Å². The fourth-order valence-corrected chi connectivity index (χ4v) is 5.22. The first-order valence-corrected chi connectivity index (χ1v) is 12.8. The van der Waals surface area contributed by atoms with Gasteiger partial charge in [-0.05, 0) is 68.2 Å². The minimum absolute atomic E-state index is 0.0327. The van der Waals surface area contributed by atoms with Crippen LogP contribution in [-0.4, -0.2) is 44.1 Å². The molecule has 0 unspecified atom stereocenters. The number of nitrogens with zero attached hydrogens (tertiary/aromatic N) is 2. The van der Waals surface area contributed by atoms with Crippen LogP contribution in [0.4, 0.5) is 5.69 Å². The van der Waals surface area contributed by atoms with Crippen LogP contribution >= 0.6 is 0 Å². The van der Waals surface area contributed by atoms with Crippen LogP contribution in [0.2, 0.25) is 0 Å². The Kier molecular flexibility index (Phi) is 6.79. The van der Waals surface area contributed by atoms with E-state index in [9.17, 15) is 4.79 Å². The maximum Gasteiger partial charge on any atom is 0.246 e. The Hall–Kier alpha value is -3.99. The third-order valence-corrected chi connectivity index (χ3v) is 7.29.